The van der Waals surface area contributed by atoms with E-state index in [1.165, 1.54) is 25.6 Å². The van der Waals surface area contributed by atoms with E-state index in [-0.39, 0.29) is 6.03 Å². The maximum absolute atomic E-state index is 12.8. The van der Waals surface area contributed by atoms with Gasteiger partial charge in [-0.15, -0.1) is 0 Å². The molecule has 0 bridgehead atoms. The lowest BCUT2D eigenvalue weighted by Crippen LogP contribution is -2.33. The summed E-state index contributed by atoms with van der Waals surface area (Å²) in [6, 6.07) is 35.3. The van der Waals surface area contributed by atoms with Crippen molar-refractivity contribution in [3.63, 3.8) is 0 Å². The Morgan fingerprint density at radius 3 is 2.29 bits per heavy atom. The van der Waals surface area contributed by atoms with Crippen LogP contribution in [0.4, 0.5) is 22.0 Å². The monoisotopic (exact) mass is 652 g/mol. The average molecular weight is 653 g/mol. The van der Waals surface area contributed by atoms with Crippen LogP contribution in [0, 0.1) is 0 Å². The first kappa shape index (κ1) is 31.9. The summed E-state index contributed by atoms with van der Waals surface area (Å²) in [6.45, 7) is 4.50. The molecule has 0 atom stereocenters. The van der Waals surface area contributed by atoms with Gasteiger partial charge < -0.3 is 25.1 Å². The van der Waals surface area contributed by atoms with E-state index < -0.39 is 0 Å². The van der Waals surface area contributed by atoms with Gasteiger partial charge in [-0.2, -0.15) is 0 Å². The molecule has 7 rings (SSSR count). The van der Waals surface area contributed by atoms with E-state index in [1.807, 2.05) is 97.1 Å². The summed E-state index contributed by atoms with van der Waals surface area (Å²) in [7, 11) is 0. The zero-order valence-electron chi connectivity index (χ0n) is 27.4. The van der Waals surface area contributed by atoms with Crippen molar-refractivity contribution in [2.45, 2.75) is 25.7 Å². The van der Waals surface area contributed by atoms with Crippen LogP contribution in [0.5, 0.6) is 5.75 Å². The summed E-state index contributed by atoms with van der Waals surface area (Å²) in [5.41, 5.74) is 6.03. The van der Waals surface area contributed by atoms with E-state index in [9.17, 15) is 4.79 Å². The van der Waals surface area contributed by atoms with E-state index in [2.05, 4.69) is 43.0 Å². The van der Waals surface area contributed by atoms with Gasteiger partial charge in [0.2, 0.25) is 5.71 Å². The standard InChI is InChI=1S/C40H40N6O3/c47-40(45-33-15-10-16-34(27-33)48-26-25-46-23-8-3-9-24-46)44-32-19-17-29(18-20-32)21-22-41-38-36-35(30-11-4-1-5-12-30)37(31-13-6-2-7-14-31)49-39(36)43-28-42-38/h1-2,4-7,10-20,27-28H,3,8-9,21-26H2,(H,41,42,43)(H2,44,45,47). The molecule has 2 aromatic heterocycles. The number of fused-ring (bicyclic) bond motifs is 1. The van der Waals surface area contributed by atoms with Gasteiger partial charge in [0.05, 0.1) is 5.39 Å². The highest BCUT2D eigenvalue weighted by atomic mass is 16.5. The van der Waals surface area contributed by atoms with Crippen LogP contribution in [0.1, 0.15) is 24.8 Å². The molecule has 0 radical (unpaired) electrons. The number of nitrogens with one attached hydrogen (secondary N) is 3. The van der Waals surface area contributed by atoms with Gasteiger partial charge in [0.25, 0.3) is 0 Å². The quantitative estimate of drug-likeness (QED) is 0.121. The first-order chi connectivity index (χ1) is 24.2. The number of hydrogen-bond donors (Lipinski definition) is 3. The van der Waals surface area contributed by atoms with E-state index >= 15 is 0 Å². The molecule has 1 aliphatic rings. The minimum Gasteiger partial charge on any atom is -0.492 e. The predicted octanol–water partition coefficient (Wildman–Crippen LogP) is 8.72. The van der Waals surface area contributed by atoms with Crippen molar-refractivity contribution >= 4 is 34.3 Å². The Bertz CT molecular complexity index is 1970. The Balaban J connectivity index is 0.949. The number of hydrogen-bond acceptors (Lipinski definition) is 7. The number of carbonyl (C=O) groups excluding carboxylic acids is 1. The Kier molecular flexibility index (Phi) is 10.1. The second-order valence-corrected chi connectivity index (χ2v) is 12.2. The molecule has 1 fully saturated rings. The Labute approximate surface area is 286 Å². The smallest absolute Gasteiger partial charge is 0.323 e. The molecule has 0 spiro atoms. The highest BCUT2D eigenvalue weighted by Gasteiger charge is 2.22. The first-order valence-electron chi connectivity index (χ1n) is 16.9. The lowest BCUT2D eigenvalue weighted by molar-refractivity contribution is 0.183. The van der Waals surface area contributed by atoms with Gasteiger partial charge in [0.1, 0.15) is 30.3 Å². The molecule has 4 aromatic carbocycles. The molecule has 9 nitrogen and oxygen atoms in total. The average Bonchev–Trinajstić information content (AvgIpc) is 3.54. The highest BCUT2D eigenvalue weighted by Crippen LogP contribution is 2.42. The van der Waals surface area contributed by atoms with Crippen molar-refractivity contribution < 1.29 is 13.9 Å². The summed E-state index contributed by atoms with van der Waals surface area (Å²) in [4.78, 5) is 24.3. The van der Waals surface area contributed by atoms with Gasteiger partial charge in [0, 0.05) is 41.7 Å². The number of piperidine rings is 1. The number of anilines is 3. The molecule has 3 N–H and O–H groups in total. The van der Waals surface area contributed by atoms with Gasteiger partial charge in [-0.3, -0.25) is 4.90 Å². The molecule has 0 aliphatic carbocycles. The highest BCUT2D eigenvalue weighted by molar-refractivity contribution is 6.06. The van der Waals surface area contributed by atoms with Crippen molar-refractivity contribution in [3.8, 4) is 28.2 Å². The summed E-state index contributed by atoms with van der Waals surface area (Å²) in [6.07, 6.45) is 6.14. The van der Waals surface area contributed by atoms with Gasteiger partial charge in [-0.05, 0) is 67.7 Å². The molecule has 0 unspecified atom stereocenters. The molecular formula is C40H40N6O3. The number of benzene rings is 4. The molecule has 49 heavy (non-hydrogen) atoms. The lowest BCUT2D eigenvalue weighted by Gasteiger charge is -2.26. The van der Waals surface area contributed by atoms with Gasteiger partial charge in [-0.25, -0.2) is 14.8 Å². The molecule has 1 saturated heterocycles. The molecule has 2 amide bonds. The molecule has 248 valence electrons. The minimum atomic E-state index is -0.308. The summed E-state index contributed by atoms with van der Waals surface area (Å²) in [5, 5.41) is 10.2. The third kappa shape index (κ3) is 8.08. The number of urea groups is 1. The van der Waals surface area contributed by atoms with Crippen LogP contribution in [-0.4, -0.2) is 53.7 Å². The van der Waals surface area contributed by atoms with E-state index in [4.69, 9.17) is 9.15 Å². The van der Waals surface area contributed by atoms with Crippen LogP contribution in [0.3, 0.4) is 0 Å². The summed E-state index contributed by atoms with van der Waals surface area (Å²) >= 11 is 0. The minimum absolute atomic E-state index is 0.308. The van der Waals surface area contributed by atoms with Crippen molar-refractivity contribution in [3.05, 3.63) is 121 Å². The number of rotatable bonds is 12. The molecule has 9 heteroatoms. The fraction of sp³-hybridized carbons (Fsp3) is 0.225. The fourth-order valence-corrected chi connectivity index (χ4v) is 6.25. The maximum atomic E-state index is 12.8. The van der Waals surface area contributed by atoms with Crippen LogP contribution in [0.2, 0.25) is 0 Å². The predicted molar refractivity (Wildman–Crippen MR) is 196 cm³/mol. The molecule has 6 aromatic rings. The Morgan fingerprint density at radius 2 is 1.51 bits per heavy atom. The number of aromatic nitrogens is 2. The number of likely N-dealkylation sites (tertiary alicyclic amines) is 1. The second-order valence-electron chi connectivity index (χ2n) is 12.2. The van der Waals surface area contributed by atoms with E-state index in [1.54, 1.807) is 0 Å². The topological polar surface area (TPSA) is 105 Å². The Hall–Kier alpha value is -5.67. The van der Waals surface area contributed by atoms with Crippen LogP contribution in [-0.2, 0) is 6.42 Å². The normalized spacial score (nSPS) is 13.2. The van der Waals surface area contributed by atoms with Crippen LogP contribution in [0.25, 0.3) is 33.6 Å². The van der Waals surface area contributed by atoms with Crippen molar-refractivity contribution in [2.24, 2.45) is 0 Å². The van der Waals surface area contributed by atoms with Gasteiger partial charge >= 0.3 is 6.03 Å². The van der Waals surface area contributed by atoms with Crippen molar-refractivity contribution in [1.29, 1.82) is 0 Å². The van der Waals surface area contributed by atoms with E-state index in [0.29, 0.717) is 30.2 Å². The largest absolute Gasteiger partial charge is 0.492 e. The summed E-state index contributed by atoms with van der Waals surface area (Å²) < 4.78 is 12.3. The molecule has 0 saturated carbocycles. The number of ether oxygens (including phenoxy) is 1. The van der Waals surface area contributed by atoms with E-state index in [0.717, 1.165) is 71.0 Å². The Morgan fingerprint density at radius 1 is 0.776 bits per heavy atom. The zero-order chi connectivity index (χ0) is 33.3. The summed E-state index contributed by atoms with van der Waals surface area (Å²) in [5.74, 6) is 2.24. The number of furan rings is 1. The number of amides is 2. The van der Waals surface area contributed by atoms with Crippen molar-refractivity contribution in [2.75, 3.05) is 48.7 Å². The van der Waals surface area contributed by atoms with Crippen LogP contribution >= 0.6 is 0 Å². The first-order valence-corrected chi connectivity index (χ1v) is 16.9. The number of nitrogens with zero attached hydrogens (tertiary/aromatic N) is 3. The van der Waals surface area contributed by atoms with Crippen LogP contribution < -0.4 is 20.7 Å². The zero-order valence-corrected chi connectivity index (χ0v) is 27.4. The lowest BCUT2D eigenvalue weighted by atomic mass is 9.99. The van der Waals surface area contributed by atoms with Crippen molar-refractivity contribution in [1.82, 2.24) is 14.9 Å². The van der Waals surface area contributed by atoms with Crippen LogP contribution in [0.15, 0.2) is 120 Å². The molecule has 1 aliphatic heterocycles. The van der Waals surface area contributed by atoms with Gasteiger partial charge in [-0.1, -0.05) is 85.3 Å². The third-order valence-electron chi connectivity index (χ3n) is 8.72. The SMILES string of the molecule is O=C(Nc1ccc(CCNc2ncnc3oc(-c4ccccc4)c(-c4ccccc4)c23)cc1)Nc1cccc(OCCN2CCCCC2)c1. The van der Waals surface area contributed by atoms with Gasteiger partial charge in [0.15, 0.2) is 0 Å². The maximum Gasteiger partial charge on any atom is 0.323 e. The molecule has 3 heterocycles. The third-order valence-corrected chi connectivity index (χ3v) is 8.72. The fourth-order valence-electron chi connectivity index (χ4n) is 6.25. The second kappa shape index (κ2) is 15.5. The molecular weight excluding hydrogens is 612 g/mol. The number of carbonyl (C=O) groups is 1.